The second kappa shape index (κ2) is 8.23. The van der Waals surface area contributed by atoms with E-state index in [0.717, 1.165) is 24.4 Å². The molecule has 1 aromatic rings. The van der Waals surface area contributed by atoms with Crippen molar-refractivity contribution in [2.45, 2.75) is 26.5 Å². The third kappa shape index (κ3) is 5.30. The molecule has 17 heavy (non-hydrogen) atoms. The molecule has 0 radical (unpaired) electrons. The van der Waals surface area contributed by atoms with Crippen LogP contribution in [0, 0.1) is 0 Å². The Morgan fingerprint density at radius 3 is 2.47 bits per heavy atom. The van der Waals surface area contributed by atoms with Crippen LogP contribution in [0.2, 0.25) is 6.04 Å². The fraction of sp³-hybridized carbons (Fsp3) is 0.429. The minimum atomic E-state index is -1.16. The van der Waals surface area contributed by atoms with E-state index in [2.05, 4.69) is 37.8 Å². The molecular formula is C14H22O2Si. The molecule has 0 aliphatic rings. The SMILES string of the molecule is C=Cc1ccc(CO[SiH](CC)COCC)cc1. The van der Waals surface area contributed by atoms with Crippen molar-refractivity contribution in [2.24, 2.45) is 0 Å². The van der Waals surface area contributed by atoms with Gasteiger partial charge in [0.15, 0.2) is 0 Å². The Balaban J connectivity index is 2.39. The van der Waals surface area contributed by atoms with Crippen molar-refractivity contribution >= 4 is 15.1 Å². The van der Waals surface area contributed by atoms with Crippen molar-refractivity contribution in [3.8, 4) is 0 Å². The molecule has 0 heterocycles. The number of rotatable bonds is 8. The summed E-state index contributed by atoms with van der Waals surface area (Å²) in [7, 11) is -1.16. The lowest BCUT2D eigenvalue weighted by Gasteiger charge is -2.14. The van der Waals surface area contributed by atoms with Crippen molar-refractivity contribution in [3.63, 3.8) is 0 Å². The van der Waals surface area contributed by atoms with E-state index in [4.69, 9.17) is 9.16 Å². The Morgan fingerprint density at radius 1 is 1.24 bits per heavy atom. The van der Waals surface area contributed by atoms with E-state index >= 15 is 0 Å². The van der Waals surface area contributed by atoms with E-state index in [-0.39, 0.29) is 0 Å². The summed E-state index contributed by atoms with van der Waals surface area (Å²) >= 11 is 0. The van der Waals surface area contributed by atoms with Crippen molar-refractivity contribution in [1.29, 1.82) is 0 Å². The van der Waals surface area contributed by atoms with E-state index in [1.54, 1.807) is 0 Å². The molecule has 0 aliphatic heterocycles. The van der Waals surface area contributed by atoms with Gasteiger partial charge in [-0.1, -0.05) is 43.8 Å². The molecule has 2 nitrogen and oxygen atoms in total. The summed E-state index contributed by atoms with van der Waals surface area (Å²) in [4.78, 5) is 0. The van der Waals surface area contributed by atoms with Crippen LogP contribution in [0.5, 0.6) is 0 Å². The maximum atomic E-state index is 5.94. The van der Waals surface area contributed by atoms with Crippen molar-refractivity contribution in [3.05, 3.63) is 42.0 Å². The van der Waals surface area contributed by atoms with Crippen LogP contribution in [-0.4, -0.2) is 21.9 Å². The predicted molar refractivity (Wildman–Crippen MR) is 75.4 cm³/mol. The highest BCUT2D eigenvalue weighted by Gasteiger charge is 2.09. The molecule has 0 fully saturated rings. The van der Waals surface area contributed by atoms with Crippen LogP contribution in [0.25, 0.3) is 6.08 Å². The molecule has 0 saturated carbocycles. The number of hydrogen-bond donors (Lipinski definition) is 0. The third-order valence-electron chi connectivity index (χ3n) is 2.66. The van der Waals surface area contributed by atoms with Gasteiger partial charge >= 0.3 is 0 Å². The normalized spacial score (nSPS) is 12.4. The topological polar surface area (TPSA) is 18.5 Å². The van der Waals surface area contributed by atoms with E-state index in [1.807, 2.05) is 13.0 Å². The smallest absolute Gasteiger partial charge is 0.202 e. The largest absolute Gasteiger partial charge is 0.413 e. The lowest BCUT2D eigenvalue weighted by Crippen LogP contribution is -2.24. The molecule has 1 rings (SSSR count). The molecule has 3 heteroatoms. The van der Waals surface area contributed by atoms with E-state index in [1.165, 1.54) is 5.56 Å². The van der Waals surface area contributed by atoms with Gasteiger partial charge in [-0.3, -0.25) is 0 Å². The monoisotopic (exact) mass is 250 g/mol. The summed E-state index contributed by atoms with van der Waals surface area (Å²) in [6, 6.07) is 9.44. The molecule has 1 aromatic carbocycles. The van der Waals surface area contributed by atoms with Crippen LogP contribution in [0.15, 0.2) is 30.8 Å². The minimum absolute atomic E-state index is 0.704. The average Bonchev–Trinajstić information content (AvgIpc) is 2.39. The van der Waals surface area contributed by atoms with Gasteiger partial charge < -0.3 is 9.16 Å². The van der Waals surface area contributed by atoms with Gasteiger partial charge in [-0.25, -0.2) is 0 Å². The van der Waals surface area contributed by atoms with E-state index < -0.39 is 9.04 Å². The van der Waals surface area contributed by atoms with Crippen molar-refractivity contribution < 1.29 is 9.16 Å². The van der Waals surface area contributed by atoms with Crippen LogP contribution < -0.4 is 0 Å². The third-order valence-corrected chi connectivity index (χ3v) is 4.82. The fourth-order valence-electron chi connectivity index (χ4n) is 1.50. The Morgan fingerprint density at radius 2 is 1.94 bits per heavy atom. The Kier molecular flexibility index (Phi) is 6.85. The maximum absolute atomic E-state index is 5.94. The molecule has 0 aliphatic carbocycles. The maximum Gasteiger partial charge on any atom is 0.202 e. The molecule has 0 spiro atoms. The number of hydrogen-bond acceptors (Lipinski definition) is 2. The molecule has 1 unspecified atom stereocenters. The van der Waals surface area contributed by atoms with Gasteiger partial charge in [-0.2, -0.15) is 0 Å². The van der Waals surface area contributed by atoms with Crippen LogP contribution in [0.1, 0.15) is 25.0 Å². The van der Waals surface area contributed by atoms with Gasteiger partial charge in [0.05, 0.1) is 12.8 Å². The highest BCUT2D eigenvalue weighted by Crippen LogP contribution is 2.08. The summed E-state index contributed by atoms with van der Waals surface area (Å²) in [6.07, 6.45) is 2.67. The molecule has 0 aromatic heterocycles. The molecule has 0 saturated heterocycles. The molecule has 0 amide bonds. The van der Waals surface area contributed by atoms with Gasteiger partial charge in [0.1, 0.15) is 0 Å². The summed E-state index contributed by atoms with van der Waals surface area (Å²) in [5.41, 5.74) is 2.37. The van der Waals surface area contributed by atoms with Crippen LogP contribution in [0.3, 0.4) is 0 Å². The van der Waals surface area contributed by atoms with Crippen molar-refractivity contribution in [1.82, 2.24) is 0 Å². The first-order valence-electron chi connectivity index (χ1n) is 6.20. The second-order valence-corrected chi connectivity index (χ2v) is 6.67. The zero-order valence-corrected chi connectivity index (χ0v) is 12.0. The van der Waals surface area contributed by atoms with Crippen LogP contribution in [0.4, 0.5) is 0 Å². The average molecular weight is 250 g/mol. The summed E-state index contributed by atoms with van der Waals surface area (Å²) < 4.78 is 11.4. The zero-order valence-electron chi connectivity index (χ0n) is 10.8. The highest BCUT2D eigenvalue weighted by molar-refractivity contribution is 6.51. The molecule has 0 bridgehead atoms. The van der Waals surface area contributed by atoms with E-state index in [9.17, 15) is 0 Å². The lowest BCUT2D eigenvalue weighted by molar-refractivity contribution is 0.169. The summed E-state index contributed by atoms with van der Waals surface area (Å²) in [6.45, 7) is 9.42. The first-order chi connectivity index (χ1) is 8.30. The van der Waals surface area contributed by atoms with Crippen molar-refractivity contribution in [2.75, 3.05) is 12.8 Å². The van der Waals surface area contributed by atoms with Gasteiger partial charge in [0.25, 0.3) is 0 Å². The highest BCUT2D eigenvalue weighted by atomic mass is 28.3. The Bertz CT molecular complexity index is 321. The Labute approximate surface area is 106 Å². The second-order valence-electron chi connectivity index (χ2n) is 3.95. The fourth-order valence-corrected chi connectivity index (χ4v) is 2.99. The molecule has 1 atom stereocenters. The number of benzene rings is 1. The minimum Gasteiger partial charge on any atom is -0.413 e. The zero-order chi connectivity index (χ0) is 12.5. The van der Waals surface area contributed by atoms with Crippen LogP contribution >= 0.6 is 0 Å². The lowest BCUT2D eigenvalue weighted by atomic mass is 10.1. The first kappa shape index (κ1) is 14.2. The van der Waals surface area contributed by atoms with Gasteiger partial charge in [-0.05, 0) is 24.1 Å². The number of ether oxygens (including phenoxy) is 1. The standard InChI is InChI=1S/C14H22O2Si/c1-4-13-7-9-14(10-8-13)11-16-17(6-3)12-15-5-2/h4,7-10,17H,1,5-6,11-12H2,2-3H3. The molecular weight excluding hydrogens is 228 g/mol. The van der Waals surface area contributed by atoms with Crippen LogP contribution in [-0.2, 0) is 15.8 Å². The van der Waals surface area contributed by atoms with E-state index in [0.29, 0.717) is 6.61 Å². The first-order valence-corrected chi connectivity index (χ1v) is 8.31. The molecule has 0 N–H and O–H groups in total. The predicted octanol–water partition coefficient (Wildman–Crippen LogP) is 3.17. The molecule has 94 valence electrons. The summed E-state index contributed by atoms with van der Waals surface area (Å²) in [5, 5.41) is 0. The van der Waals surface area contributed by atoms with Gasteiger partial charge in [0.2, 0.25) is 9.04 Å². The van der Waals surface area contributed by atoms with Gasteiger partial charge in [-0.15, -0.1) is 0 Å². The van der Waals surface area contributed by atoms with Gasteiger partial charge in [0, 0.05) is 6.61 Å². The Hall–Kier alpha value is -0.903. The quantitative estimate of drug-likeness (QED) is 0.660. The summed E-state index contributed by atoms with van der Waals surface area (Å²) in [5.74, 6) is 0.